The highest BCUT2D eigenvalue weighted by Crippen LogP contribution is 2.40. The monoisotopic (exact) mass is 486 g/mol. The van der Waals surface area contributed by atoms with Crippen LogP contribution in [-0.4, -0.2) is 47.4 Å². The minimum Gasteiger partial charge on any atom is -0.492 e. The van der Waals surface area contributed by atoms with E-state index in [1.807, 2.05) is 66.7 Å². The van der Waals surface area contributed by atoms with Gasteiger partial charge in [0.25, 0.3) is 0 Å². The molecular formula is C28H26N2O6. The number of aromatic amines is 1. The molecule has 2 atom stereocenters. The largest absolute Gasteiger partial charge is 0.492 e. The molecule has 0 bridgehead atoms. The first kappa shape index (κ1) is 23.4. The van der Waals surface area contributed by atoms with Crippen LogP contribution in [0.1, 0.15) is 50.0 Å². The fourth-order valence-corrected chi connectivity index (χ4v) is 4.70. The number of nitrogens with zero attached hydrogens (tertiary/aromatic N) is 1. The van der Waals surface area contributed by atoms with E-state index < -0.39 is 18.1 Å². The van der Waals surface area contributed by atoms with Crippen LogP contribution in [-0.2, 0) is 27.4 Å². The van der Waals surface area contributed by atoms with Crippen molar-refractivity contribution < 1.29 is 28.6 Å². The number of fused-ring (bicyclic) bond motifs is 3. The molecule has 36 heavy (non-hydrogen) atoms. The van der Waals surface area contributed by atoms with Crippen molar-refractivity contribution in [2.24, 2.45) is 0 Å². The van der Waals surface area contributed by atoms with Crippen molar-refractivity contribution in [2.75, 3.05) is 13.7 Å². The Balaban J connectivity index is 1.43. The predicted molar refractivity (Wildman–Crippen MR) is 130 cm³/mol. The molecule has 1 aliphatic carbocycles. The summed E-state index contributed by atoms with van der Waals surface area (Å²) in [6.07, 6.45) is 1.51. The summed E-state index contributed by atoms with van der Waals surface area (Å²) in [5.74, 6) is -0.494. The van der Waals surface area contributed by atoms with Crippen LogP contribution in [0.4, 0.5) is 4.79 Å². The van der Waals surface area contributed by atoms with Crippen LogP contribution in [0.3, 0.4) is 0 Å². The molecule has 0 radical (unpaired) electrons. The van der Waals surface area contributed by atoms with Crippen LogP contribution in [0.15, 0.2) is 78.6 Å². The topological polar surface area (TPSA) is 97.9 Å². The van der Waals surface area contributed by atoms with Crippen molar-refractivity contribution in [2.45, 2.75) is 31.6 Å². The molecule has 0 fully saturated rings. The number of esters is 1. The molecule has 0 saturated carbocycles. The van der Waals surface area contributed by atoms with Crippen molar-refractivity contribution in [3.63, 3.8) is 0 Å². The summed E-state index contributed by atoms with van der Waals surface area (Å²) in [5, 5.41) is 0. The fourth-order valence-electron chi connectivity index (χ4n) is 4.70. The van der Waals surface area contributed by atoms with Gasteiger partial charge in [0.05, 0.1) is 25.4 Å². The molecule has 1 aromatic heterocycles. The molecule has 1 aliphatic heterocycles. The smallest absolute Gasteiger partial charge is 0.410 e. The highest BCUT2D eigenvalue weighted by atomic mass is 16.6. The number of amides is 1. The minimum absolute atomic E-state index is 0.0989. The minimum atomic E-state index is -0.562. The van der Waals surface area contributed by atoms with E-state index in [9.17, 15) is 14.4 Å². The highest BCUT2D eigenvalue weighted by molar-refractivity contribution is 6.00. The lowest BCUT2D eigenvalue weighted by molar-refractivity contribution is 0.0557. The van der Waals surface area contributed by atoms with Crippen molar-refractivity contribution >= 4 is 17.8 Å². The van der Waals surface area contributed by atoms with Gasteiger partial charge in [0.15, 0.2) is 5.78 Å². The number of hydrogen-bond acceptors (Lipinski definition) is 6. The third-order valence-corrected chi connectivity index (χ3v) is 6.50. The standard InChI is InChI=1S/C28H26N2O6/c1-34-27(32)23-13-22-21-12-20(35-16-18-8-4-2-5-9-18)15-30(24(21)14-25(31)26(22)29-23)28(33)36-17-19-10-6-3-7-11-19/h2-13,21,24,29H,14-17H2,1H3/t21-,24+/m1/s1. The Bertz CT molecular complexity index is 1300. The van der Waals surface area contributed by atoms with Crippen LogP contribution in [0.2, 0.25) is 0 Å². The molecular weight excluding hydrogens is 460 g/mol. The van der Waals surface area contributed by atoms with Gasteiger partial charge in [-0.1, -0.05) is 60.7 Å². The average Bonchev–Trinajstić information content (AvgIpc) is 3.38. The van der Waals surface area contributed by atoms with Crippen LogP contribution < -0.4 is 0 Å². The molecule has 1 N–H and O–H groups in total. The molecule has 3 aromatic rings. The van der Waals surface area contributed by atoms with Gasteiger partial charge in [0.2, 0.25) is 0 Å². The number of rotatable bonds is 6. The Labute approximate surface area is 208 Å². The number of methoxy groups -OCH3 is 1. The Morgan fingerprint density at radius 2 is 1.67 bits per heavy atom. The SMILES string of the molecule is COC(=O)c1cc2c([nH]1)C(=O)C[C@H]1[C@@H]2C=C(OCc2ccccc2)CN1C(=O)OCc1ccccc1. The molecule has 2 heterocycles. The Kier molecular flexibility index (Phi) is 6.58. The molecule has 184 valence electrons. The molecule has 0 unspecified atom stereocenters. The summed E-state index contributed by atoms with van der Waals surface area (Å²) in [4.78, 5) is 42.8. The lowest BCUT2D eigenvalue weighted by Crippen LogP contribution is -2.50. The van der Waals surface area contributed by atoms with E-state index in [0.717, 1.165) is 11.1 Å². The van der Waals surface area contributed by atoms with Gasteiger partial charge < -0.3 is 19.2 Å². The third-order valence-electron chi connectivity index (χ3n) is 6.50. The van der Waals surface area contributed by atoms with Crippen LogP contribution in [0.25, 0.3) is 0 Å². The molecule has 1 amide bonds. The maximum atomic E-state index is 13.3. The van der Waals surface area contributed by atoms with Crippen LogP contribution >= 0.6 is 0 Å². The lowest BCUT2D eigenvalue weighted by Gasteiger charge is -2.41. The number of Topliss-reactive ketones (excluding diaryl/α,β-unsaturated/α-hetero) is 1. The zero-order chi connectivity index (χ0) is 25.1. The van der Waals surface area contributed by atoms with Crippen molar-refractivity contribution in [3.8, 4) is 0 Å². The van der Waals surface area contributed by atoms with Gasteiger partial charge in [0.1, 0.15) is 24.7 Å². The quantitative estimate of drug-likeness (QED) is 0.512. The number of benzene rings is 2. The summed E-state index contributed by atoms with van der Waals surface area (Å²) in [6.45, 7) is 0.634. The van der Waals surface area contributed by atoms with Crippen LogP contribution in [0, 0.1) is 0 Å². The number of carbonyl (C=O) groups excluding carboxylic acids is 3. The molecule has 5 rings (SSSR count). The van der Waals surface area contributed by atoms with Crippen molar-refractivity contribution in [1.29, 1.82) is 0 Å². The van der Waals surface area contributed by atoms with E-state index in [1.165, 1.54) is 7.11 Å². The number of hydrogen-bond donors (Lipinski definition) is 1. The zero-order valence-electron chi connectivity index (χ0n) is 19.8. The Morgan fingerprint density at radius 3 is 2.33 bits per heavy atom. The average molecular weight is 487 g/mol. The van der Waals surface area contributed by atoms with Gasteiger partial charge in [-0.25, -0.2) is 9.59 Å². The van der Waals surface area contributed by atoms with E-state index in [4.69, 9.17) is 14.2 Å². The summed E-state index contributed by atoms with van der Waals surface area (Å²) in [6, 6.07) is 20.3. The predicted octanol–water partition coefficient (Wildman–Crippen LogP) is 4.59. The third kappa shape index (κ3) is 4.75. The van der Waals surface area contributed by atoms with Gasteiger partial charge in [-0.3, -0.25) is 9.69 Å². The second-order valence-corrected chi connectivity index (χ2v) is 8.80. The normalized spacial score (nSPS) is 18.5. The fraction of sp³-hybridized carbons (Fsp3) is 0.250. The van der Waals surface area contributed by atoms with E-state index in [2.05, 4.69) is 4.98 Å². The molecule has 2 aliphatic rings. The summed E-state index contributed by atoms with van der Waals surface area (Å²) in [5.41, 5.74) is 3.05. The van der Waals surface area contributed by atoms with Crippen LogP contribution in [0.5, 0.6) is 0 Å². The molecule has 0 spiro atoms. The summed E-state index contributed by atoms with van der Waals surface area (Å²) in [7, 11) is 1.29. The molecule has 8 heteroatoms. The maximum Gasteiger partial charge on any atom is 0.410 e. The van der Waals surface area contributed by atoms with Gasteiger partial charge in [0, 0.05) is 12.3 Å². The Hall–Kier alpha value is -4.33. The van der Waals surface area contributed by atoms with E-state index in [0.29, 0.717) is 23.6 Å². The second kappa shape index (κ2) is 10.1. The number of ketones is 1. The first-order valence-electron chi connectivity index (χ1n) is 11.7. The first-order chi connectivity index (χ1) is 17.5. The number of H-pyrrole nitrogens is 1. The zero-order valence-corrected chi connectivity index (χ0v) is 19.8. The van der Waals surface area contributed by atoms with Gasteiger partial charge in [-0.2, -0.15) is 0 Å². The van der Waals surface area contributed by atoms with Crippen molar-refractivity contribution in [3.05, 3.63) is 107 Å². The van der Waals surface area contributed by atoms with Crippen molar-refractivity contribution in [1.82, 2.24) is 9.88 Å². The second-order valence-electron chi connectivity index (χ2n) is 8.80. The van der Waals surface area contributed by atoms with Gasteiger partial charge in [-0.15, -0.1) is 0 Å². The molecule has 2 aromatic carbocycles. The Morgan fingerprint density at radius 1 is 1.00 bits per heavy atom. The number of ether oxygens (including phenoxy) is 3. The number of nitrogens with one attached hydrogen (secondary N) is 1. The first-order valence-corrected chi connectivity index (χ1v) is 11.7. The molecule has 0 saturated heterocycles. The lowest BCUT2D eigenvalue weighted by atomic mass is 9.79. The summed E-state index contributed by atoms with van der Waals surface area (Å²) >= 11 is 0. The number of carbonyl (C=O) groups is 3. The van der Waals surface area contributed by atoms with Gasteiger partial charge in [-0.05, 0) is 28.8 Å². The maximum absolute atomic E-state index is 13.3. The van der Waals surface area contributed by atoms with E-state index in [1.54, 1.807) is 11.0 Å². The highest BCUT2D eigenvalue weighted by Gasteiger charge is 2.44. The van der Waals surface area contributed by atoms with E-state index >= 15 is 0 Å². The van der Waals surface area contributed by atoms with E-state index in [-0.39, 0.29) is 37.0 Å². The molecule has 8 nitrogen and oxygen atoms in total. The van der Waals surface area contributed by atoms with Gasteiger partial charge >= 0.3 is 12.1 Å². The number of aromatic nitrogens is 1. The summed E-state index contributed by atoms with van der Waals surface area (Å²) < 4.78 is 16.5.